The topological polar surface area (TPSA) is 65.1 Å². The molecule has 1 aliphatic heterocycles. The molecule has 6 heteroatoms. The highest BCUT2D eigenvalue weighted by Gasteiger charge is 2.22. The van der Waals surface area contributed by atoms with Crippen molar-refractivity contribution in [2.24, 2.45) is 0 Å². The van der Waals surface area contributed by atoms with E-state index in [1.807, 2.05) is 13.0 Å². The molecular weight excluding hydrogens is 286 g/mol. The molecule has 1 unspecified atom stereocenters. The Hall–Kier alpha value is -1.92. The van der Waals surface area contributed by atoms with Crippen molar-refractivity contribution in [3.8, 4) is 0 Å². The van der Waals surface area contributed by atoms with Gasteiger partial charge in [0.15, 0.2) is 6.61 Å². The van der Waals surface area contributed by atoms with E-state index in [2.05, 4.69) is 0 Å². The number of methoxy groups -OCH3 is 1. The molecule has 2 rings (SSSR count). The highest BCUT2D eigenvalue weighted by molar-refractivity contribution is 5.91. The zero-order chi connectivity index (χ0) is 15.9. The molecule has 1 heterocycles. The molecule has 1 atom stereocenters. The molecular formula is C16H21NO5. The van der Waals surface area contributed by atoms with Crippen molar-refractivity contribution < 1.29 is 23.8 Å². The quantitative estimate of drug-likeness (QED) is 0.766. The minimum Gasteiger partial charge on any atom is -0.452 e. The van der Waals surface area contributed by atoms with E-state index in [-0.39, 0.29) is 18.6 Å². The van der Waals surface area contributed by atoms with Crippen LogP contribution in [0, 0.1) is 0 Å². The number of amides is 1. The van der Waals surface area contributed by atoms with Crippen LogP contribution in [-0.4, -0.2) is 56.3 Å². The van der Waals surface area contributed by atoms with E-state index in [4.69, 9.17) is 14.2 Å². The van der Waals surface area contributed by atoms with Crippen LogP contribution in [0.2, 0.25) is 0 Å². The molecule has 0 bridgehead atoms. The van der Waals surface area contributed by atoms with Gasteiger partial charge in [0.25, 0.3) is 5.91 Å². The fraction of sp³-hybridized carbons (Fsp3) is 0.500. The normalized spacial score (nSPS) is 18.1. The third-order valence-corrected chi connectivity index (χ3v) is 3.39. The number of nitrogens with zero attached hydrogens (tertiary/aromatic N) is 1. The molecule has 1 aromatic rings. The van der Waals surface area contributed by atoms with Crippen LogP contribution in [0.25, 0.3) is 0 Å². The molecule has 1 saturated heterocycles. The van der Waals surface area contributed by atoms with Crippen molar-refractivity contribution in [2.75, 3.05) is 33.4 Å². The lowest BCUT2D eigenvalue weighted by Crippen LogP contribution is -2.46. The number of hydrogen-bond acceptors (Lipinski definition) is 5. The van der Waals surface area contributed by atoms with E-state index in [1.165, 1.54) is 0 Å². The van der Waals surface area contributed by atoms with Gasteiger partial charge in [-0.25, -0.2) is 4.79 Å². The Labute approximate surface area is 129 Å². The van der Waals surface area contributed by atoms with Crippen molar-refractivity contribution in [1.82, 2.24) is 4.90 Å². The second-order valence-corrected chi connectivity index (χ2v) is 5.23. The molecule has 120 valence electrons. The average molecular weight is 307 g/mol. The Kier molecular flexibility index (Phi) is 5.91. The van der Waals surface area contributed by atoms with Gasteiger partial charge in [-0.15, -0.1) is 0 Å². The smallest absolute Gasteiger partial charge is 0.338 e. The molecule has 0 radical (unpaired) electrons. The fourth-order valence-corrected chi connectivity index (χ4v) is 2.30. The Morgan fingerprint density at radius 2 is 2.23 bits per heavy atom. The molecule has 22 heavy (non-hydrogen) atoms. The van der Waals surface area contributed by atoms with Crippen LogP contribution in [0.1, 0.15) is 22.8 Å². The van der Waals surface area contributed by atoms with Gasteiger partial charge in [-0.3, -0.25) is 4.79 Å². The summed E-state index contributed by atoms with van der Waals surface area (Å²) in [5.41, 5.74) is 1.29. The zero-order valence-corrected chi connectivity index (χ0v) is 12.9. The Morgan fingerprint density at radius 1 is 1.41 bits per heavy atom. The van der Waals surface area contributed by atoms with Crippen molar-refractivity contribution >= 4 is 11.9 Å². The molecule has 0 spiro atoms. The van der Waals surface area contributed by atoms with Gasteiger partial charge in [0, 0.05) is 20.2 Å². The predicted molar refractivity (Wildman–Crippen MR) is 79.4 cm³/mol. The van der Waals surface area contributed by atoms with Gasteiger partial charge in [-0.2, -0.15) is 0 Å². The zero-order valence-electron chi connectivity index (χ0n) is 12.9. The summed E-state index contributed by atoms with van der Waals surface area (Å²) < 4.78 is 15.5. The van der Waals surface area contributed by atoms with E-state index in [0.29, 0.717) is 31.9 Å². The van der Waals surface area contributed by atoms with E-state index >= 15 is 0 Å². The summed E-state index contributed by atoms with van der Waals surface area (Å²) >= 11 is 0. The van der Waals surface area contributed by atoms with Crippen LogP contribution in [0.15, 0.2) is 24.3 Å². The van der Waals surface area contributed by atoms with E-state index < -0.39 is 5.97 Å². The minimum absolute atomic E-state index is 0.0131. The summed E-state index contributed by atoms with van der Waals surface area (Å²) in [6.07, 6.45) is 0.0131. The SMILES string of the molecule is COCc1cccc(C(=O)OCC(=O)N2CCOC(C)C2)c1. The van der Waals surface area contributed by atoms with Crippen LogP contribution in [0.4, 0.5) is 0 Å². The Bertz CT molecular complexity index is 531. The second kappa shape index (κ2) is 7.91. The minimum atomic E-state index is -0.507. The average Bonchev–Trinajstić information content (AvgIpc) is 2.53. The maximum absolute atomic E-state index is 12.0. The highest BCUT2D eigenvalue weighted by Crippen LogP contribution is 2.09. The lowest BCUT2D eigenvalue weighted by Gasteiger charge is -2.30. The first-order valence-electron chi connectivity index (χ1n) is 7.24. The van der Waals surface area contributed by atoms with Gasteiger partial charge in [-0.1, -0.05) is 12.1 Å². The van der Waals surface area contributed by atoms with Gasteiger partial charge in [0.1, 0.15) is 0 Å². The van der Waals surface area contributed by atoms with Crippen molar-refractivity contribution in [1.29, 1.82) is 0 Å². The number of carbonyl (C=O) groups is 2. The van der Waals surface area contributed by atoms with Crippen LogP contribution >= 0.6 is 0 Å². The number of ether oxygens (including phenoxy) is 3. The van der Waals surface area contributed by atoms with Gasteiger partial charge in [-0.05, 0) is 24.6 Å². The van der Waals surface area contributed by atoms with Crippen molar-refractivity contribution in [3.05, 3.63) is 35.4 Å². The molecule has 1 aromatic carbocycles. The molecule has 6 nitrogen and oxygen atoms in total. The van der Waals surface area contributed by atoms with Crippen LogP contribution < -0.4 is 0 Å². The Morgan fingerprint density at radius 3 is 2.95 bits per heavy atom. The summed E-state index contributed by atoms with van der Waals surface area (Å²) in [7, 11) is 1.59. The van der Waals surface area contributed by atoms with E-state index in [1.54, 1.807) is 30.2 Å². The molecule has 0 saturated carbocycles. The first-order chi connectivity index (χ1) is 10.6. The van der Waals surface area contributed by atoms with Gasteiger partial charge in [0.05, 0.1) is 24.9 Å². The maximum atomic E-state index is 12.0. The number of hydrogen-bond donors (Lipinski definition) is 0. The van der Waals surface area contributed by atoms with E-state index in [0.717, 1.165) is 5.56 Å². The largest absolute Gasteiger partial charge is 0.452 e. The lowest BCUT2D eigenvalue weighted by atomic mass is 10.1. The summed E-state index contributed by atoms with van der Waals surface area (Å²) in [5, 5.41) is 0. The van der Waals surface area contributed by atoms with Crippen molar-refractivity contribution in [2.45, 2.75) is 19.6 Å². The van der Waals surface area contributed by atoms with Crippen LogP contribution in [0.5, 0.6) is 0 Å². The third-order valence-electron chi connectivity index (χ3n) is 3.39. The van der Waals surface area contributed by atoms with Crippen molar-refractivity contribution in [3.63, 3.8) is 0 Å². The first-order valence-corrected chi connectivity index (χ1v) is 7.24. The van der Waals surface area contributed by atoms with Gasteiger partial charge < -0.3 is 19.1 Å². The summed E-state index contributed by atoms with van der Waals surface area (Å²) in [6, 6.07) is 6.98. The van der Waals surface area contributed by atoms with Gasteiger partial charge >= 0.3 is 5.97 Å². The molecule has 0 N–H and O–H groups in total. The fourth-order valence-electron chi connectivity index (χ4n) is 2.30. The number of rotatable bonds is 5. The molecule has 0 aliphatic carbocycles. The monoisotopic (exact) mass is 307 g/mol. The summed E-state index contributed by atoms with van der Waals surface area (Å²) in [6.45, 7) is 3.65. The van der Waals surface area contributed by atoms with Crippen LogP contribution in [0.3, 0.4) is 0 Å². The molecule has 1 aliphatic rings. The number of benzene rings is 1. The number of esters is 1. The predicted octanol–water partition coefficient (Wildman–Crippen LogP) is 1.24. The lowest BCUT2D eigenvalue weighted by molar-refractivity contribution is -0.141. The number of morpholine rings is 1. The standard InChI is InChI=1S/C16H21NO5/c1-12-9-17(6-7-21-12)15(18)11-22-16(19)14-5-3-4-13(8-14)10-20-2/h3-5,8,12H,6-7,9-11H2,1-2H3. The number of carbonyl (C=O) groups excluding carboxylic acids is 2. The first kappa shape index (κ1) is 16.5. The highest BCUT2D eigenvalue weighted by atomic mass is 16.5. The van der Waals surface area contributed by atoms with Crippen LogP contribution in [-0.2, 0) is 25.6 Å². The molecule has 1 fully saturated rings. The maximum Gasteiger partial charge on any atom is 0.338 e. The second-order valence-electron chi connectivity index (χ2n) is 5.23. The summed E-state index contributed by atoms with van der Waals surface area (Å²) in [5.74, 6) is -0.704. The molecule has 0 aromatic heterocycles. The van der Waals surface area contributed by atoms with E-state index in [9.17, 15) is 9.59 Å². The Balaban J connectivity index is 1.86. The van der Waals surface area contributed by atoms with Gasteiger partial charge in [0.2, 0.25) is 0 Å². The molecule has 1 amide bonds. The third kappa shape index (κ3) is 4.54. The summed E-state index contributed by atoms with van der Waals surface area (Å²) in [4.78, 5) is 25.7.